The first-order chi connectivity index (χ1) is 9.75. The van der Waals surface area contributed by atoms with Crippen LogP contribution in [0.25, 0.3) is 0 Å². The predicted molar refractivity (Wildman–Crippen MR) is 80.1 cm³/mol. The Morgan fingerprint density at radius 1 is 1.48 bits per heavy atom. The molecule has 0 bridgehead atoms. The molecule has 1 saturated carbocycles. The normalized spacial score (nSPS) is 21.0. The number of rotatable bonds is 5. The number of carbonyl (C=O) groups excluding carboxylic acids is 1. The number of nitrogens with one attached hydrogen (secondary N) is 1. The summed E-state index contributed by atoms with van der Waals surface area (Å²) < 4.78 is 0. The lowest BCUT2D eigenvalue weighted by molar-refractivity contribution is -0.129. The highest BCUT2D eigenvalue weighted by molar-refractivity contribution is 6.05. The van der Waals surface area contributed by atoms with Gasteiger partial charge in [-0.05, 0) is 24.2 Å². The maximum absolute atomic E-state index is 12.0. The third-order valence-electron chi connectivity index (χ3n) is 4.34. The molecule has 0 radical (unpaired) electrons. The molecule has 1 unspecified atom stereocenters. The van der Waals surface area contributed by atoms with E-state index in [1.807, 2.05) is 20.8 Å². The van der Waals surface area contributed by atoms with Crippen molar-refractivity contribution >= 4 is 17.7 Å². The Balaban J connectivity index is 1.97. The van der Waals surface area contributed by atoms with Crippen LogP contribution in [0.15, 0.2) is 5.10 Å². The monoisotopic (exact) mass is 295 g/mol. The third kappa shape index (κ3) is 4.19. The topological polar surface area (TPSA) is 82.0 Å². The fourth-order valence-electron chi connectivity index (χ4n) is 2.66. The van der Waals surface area contributed by atoms with Crippen LogP contribution in [0.2, 0.25) is 0 Å². The molecule has 0 saturated heterocycles. The molecule has 6 heteroatoms. The van der Waals surface area contributed by atoms with Crippen LogP contribution in [-0.2, 0) is 4.79 Å². The number of amides is 2. The van der Waals surface area contributed by atoms with E-state index in [0.717, 1.165) is 12.3 Å². The van der Waals surface area contributed by atoms with E-state index in [1.165, 1.54) is 19.3 Å². The van der Waals surface area contributed by atoms with Crippen LogP contribution in [-0.4, -0.2) is 40.4 Å². The maximum atomic E-state index is 12.0. The van der Waals surface area contributed by atoms with E-state index in [1.54, 1.807) is 5.01 Å². The largest absolute Gasteiger partial charge is 0.465 e. The number of hydrogen-bond donors (Lipinski definition) is 2. The van der Waals surface area contributed by atoms with E-state index in [0.29, 0.717) is 18.8 Å². The number of nitrogens with zero attached hydrogens (tertiary/aromatic N) is 2. The molecular formula is C15H25N3O3. The maximum Gasteiger partial charge on any atom is 0.404 e. The second-order valence-corrected chi connectivity index (χ2v) is 7.19. The summed E-state index contributed by atoms with van der Waals surface area (Å²) in [5.41, 5.74) is 0.568. The Kier molecular flexibility index (Phi) is 4.54. The van der Waals surface area contributed by atoms with Crippen LogP contribution in [0.4, 0.5) is 4.79 Å². The van der Waals surface area contributed by atoms with Gasteiger partial charge < -0.3 is 10.4 Å². The van der Waals surface area contributed by atoms with Gasteiger partial charge in [-0.3, -0.25) is 4.79 Å². The van der Waals surface area contributed by atoms with E-state index in [4.69, 9.17) is 5.11 Å². The summed E-state index contributed by atoms with van der Waals surface area (Å²) in [6.45, 7) is 6.67. The van der Waals surface area contributed by atoms with Crippen molar-refractivity contribution in [3.63, 3.8) is 0 Å². The molecule has 118 valence electrons. The summed E-state index contributed by atoms with van der Waals surface area (Å²) >= 11 is 0. The van der Waals surface area contributed by atoms with Crippen molar-refractivity contribution in [2.24, 2.45) is 16.4 Å². The van der Waals surface area contributed by atoms with Crippen molar-refractivity contribution in [2.75, 3.05) is 6.54 Å². The molecule has 2 amide bonds. The van der Waals surface area contributed by atoms with Crippen LogP contribution < -0.4 is 5.32 Å². The van der Waals surface area contributed by atoms with Gasteiger partial charge in [-0.2, -0.15) is 5.10 Å². The Morgan fingerprint density at radius 2 is 2.14 bits per heavy atom. The van der Waals surface area contributed by atoms with Gasteiger partial charge >= 0.3 is 6.09 Å². The molecule has 1 atom stereocenters. The molecule has 2 aliphatic rings. The molecule has 21 heavy (non-hydrogen) atoms. The van der Waals surface area contributed by atoms with Crippen molar-refractivity contribution in [1.29, 1.82) is 0 Å². The average Bonchev–Trinajstić information content (AvgIpc) is 2.61. The van der Waals surface area contributed by atoms with Gasteiger partial charge in [0.2, 0.25) is 5.91 Å². The molecule has 1 fully saturated rings. The summed E-state index contributed by atoms with van der Waals surface area (Å²) in [5.74, 6) is 0.632. The van der Waals surface area contributed by atoms with Crippen LogP contribution >= 0.6 is 0 Å². The Bertz CT molecular complexity index is 450. The van der Waals surface area contributed by atoms with Crippen molar-refractivity contribution in [1.82, 2.24) is 10.3 Å². The first-order valence-electron chi connectivity index (χ1n) is 7.62. The molecule has 0 spiro atoms. The van der Waals surface area contributed by atoms with Crippen molar-refractivity contribution in [3.8, 4) is 0 Å². The zero-order chi connectivity index (χ0) is 15.6. The molecule has 1 aliphatic heterocycles. The first-order valence-corrected chi connectivity index (χ1v) is 7.62. The van der Waals surface area contributed by atoms with Gasteiger partial charge in [0, 0.05) is 19.0 Å². The Morgan fingerprint density at radius 3 is 2.62 bits per heavy atom. The molecule has 6 nitrogen and oxygen atoms in total. The highest BCUT2D eigenvalue weighted by Crippen LogP contribution is 2.29. The number of carbonyl (C=O) groups is 2. The smallest absolute Gasteiger partial charge is 0.404 e. The number of hydrogen-bond acceptors (Lipinski definition) is 3. The van der Waals surface area contributed by atoms with Gasteiger partial charge in [0.05, 0.1) is 12.1 Å². The zero-order valence-electron chi connectivity index (χ0n) is 13.1. The summed E-state index contributed by atoms with van der Waals surface area (Å²) in [6.07, 6.45) is 3.38. The Hall–Kier alpha value is -1.59. The van der Waals surface area contributed by atoms with E-state index in [-0.39, 0.29) is 17.4 Å². The molecular weight excluding hydrogens is 270 g/mol. The molecule has 0 aromatic heterocycles. The van der Waals surface area contributed by atoms with Crippen molar-refractivity contribution in [3.05, 3.63) is 0 Å². The summed E-state index contributed by atoms with van der Waals surface area (Å²) in [4.78, 5) is 22.9. The van der Waals surface area contributed by atoms with Gasteiger partial charge in [-0.15, -0.1) is 0 Å². The number of carboxylic acid groups (broad SMARTS) is 1. The fraction of sp³-hybridized carbons (Fsp3) is 0.800. The van der Waals surface area contributed by atoms with Crippen LogP contribution in [0.3, 0.4) is 0 Å². The van der Waals surface area contributed by atoms with Crippen LogP contribution in [0.1, 0.15) is 52.9 Å². The SMILES string of the molecule is CC(C)(C)C(CC1=NN(CC2CCC2)C(=O)C1)NC(=O)O. The average molecular weight is 295 g/mol. The van der Waals surface area contributed by atoms with Crippen molar-refractivity contribution < 1.29 is 14.7 Å². The zero-order valence-corrected chi connectivity index (χ0v) is 13.1. The van der Waals surface area contributed by atoms with E-state index < -0.39 is 6.09 Å². The lowest BCUT2D eigenvalue weighted by Gasteiger charge is -2.30. The Labute approximate surface area is 125 Å². The number of hydrazone groups is 1. The minimum Gasteiger partial charge on any atom is -0.465 e. The van der Waals surface area contributed by atoms with Crippen LogP contribution in [0, 0.1) is 11.3 Å². The minimum absolute atomic E-state index is 0.0416. The molecule has 2 rings (SSSR count). The van der Waals surface area contributed by atoms with E-state index in [9.17, 15) is 9.59 Å². The van der Waals surface area contributed by atoms with Crippen LogP contribution in [0.5, 0.6) is 0 Å². The van der Waals surface area contributed by atoms with Crippen molar-refractivity contribution in [2.45, 2.75) is 58.9 Å². The molecule has 0 aromatic carbocycles. The second-order valence-electron chi connectivity index (χ2n) is 7.19. The molecule has 0 aromatic rings. The first kappa shape index (κ1) is 15.8. The highest BCUT2D eigenvalue weighted by atomic mass is 16.4. The van der Waals surface area contributed by atoms with Gasteiger partial charge in [0.25, 0.3) is 0 Å². The molecule has 1 heterocycles. The lowest BCUT2D eigenvalue weighted by Crippen LogP contribution is -2.44. The minimum atomic E-state index is -1.04. The lowest BCUT2D eigenvalue weighted by atomic mass is 9.83. The molecule has 1 aliphatic carbocycles. The summed E-state index contributed by atoms with van der Waals surface area (Å²) in [5, 5.41) is 17.5. The summed E-state index contributed by atoms with van der Waals surface area (Å²) in [6, 6.07) is -0.245. The quantitative estimate of drug-likeness (QED) is 0.817. The summed E-state index contributed by atoms with van der Waals surface area (Å²) in [7, 11) is 0. The predicted octanol–water partition coefficient (Wildman–Crippen LogP) is 2.45. The third-order valence-corrected chi connectivity index (χ3v) is 4.34. The van der Waals surface area contributed by atoms with Gasteiger partial charge in [-0.25, -0.2) is 9.80 Å². The molecule has 2 N–H and O–H groups in total. The van der Waals surface area contributed by atoms with E-state index in [2.05, 4.69) is 10.4 Å². The fourth-order valence-corrected chi connectivity index (χ4v) is 2.66. The highest BCUT2D eigenvalue weighted by Gasteiger charge is 2.33. The second kappa shape index (κ2) is 6.03. The van der Waals surface area contributed by atoms with Gasteiger partial charge in [-0.1, -0.05) is 27.2 Å². The van der Waals surface area contributed by atoms with E-state index >= 15 is 0 Å². The van der Waals surface area contributed by atoms with Gasteiger partial charge in [0.1, 0.15) is 0 Å². The standard InChI is InChI=1S/C15H25N3O3/c1-15(2,3)12(16-14(20)21)7-11-8-13(19)18(17-11)9-10-5-4-6-10/h10,12,16H,4-9H2,1-3H3,(H,20,21). The van der Waals surface area contributed by atoms with Gasteiger partial charge in [0.15, 0.2) is 0 Å².